The van der Waals surface area contributed by atoms with Gasteiger partial charge < -0.3 is 19.8 Å². The van der Waals surface area contributed by atoms with Crippen LogP contribution in [0.2, 0.25) is 0 Å². The number of anilines is 1. The first kappa shape index (κ1) is 17.7. The third-order valence-corrected chi connectivity index (χ3v) is 5.77. The summed E-state index contributed by atoms with van der Waals surface area (Å²) in [6, 6.07) is 9.77. The highest BCUT2D eigenvalue weighted by atomic mass is 16.2. The smallest absolute Gasteiger partial charge is 0.253 e. The summed E-state index contributed by atoms with van der Waals surface area (Å²) in [4.78, 5) is 32.6. The highest BCUT2D eigenvalue weighted by Gasteiger charge is 2.27. The molecule has 3 aromatic heterocycles. The molecule has 1 amide bonds. The predicted octanol–water partition coefficient (Wildman–Crippen LogP) is 3.53. The Kier molecular flexibility index (Phi) is 4.23. The Morgan fingerprint density at radius 3 is 3.03 bits per heavy atom. The summed E-state index contributed by atoms with van der Waals surface area (Å²) in [7, 11) is 3.88. The van der Waals surface area contributed by atoms with Gasteiger partial charge in [-0.3, -0.25) is 4.79 Å². The van der Waals surface area contributed by atoms with Gasteiger partial charge in [0, 0.05) is 56.4 Å². The Hall–Kier alpha value is -3.35. The molecule has 1 aliphatic rings. The standard InChI is InChI=1S/C22H24N6O/c1-27(2)22-25-18-8-7-14(11-19(18)26-22)21(29)28-10-4-5-15(13-28)17-12-24-20-16(17)6-3-9-23-20/h3,6-9,11-12,15H,4-5,10,13H2,1-2H3,(H,23,24)(H,25,26). The second kappa shape index (κ2) is 6.92. The van der Waals surface area contributed by atoms with Crippen molar-refractivity contribution < 1.29 is 4.79 Å². The fraction of sp³-hybridized carbons (Fsp3) is 0.318. The van der Waals surface area contributed by atoms with Gasteiger partial charge in [-0.15, -0.1) is 0 Å². The van der Waals surface area contributed by atoms with Gasteiger partial charge >= 0.3 is 0 Å². The van der Waals surface area contributed by atoms with Gasteiger partial charge in [0.2, 0.25) is 5.95 Å². The van der Waals surface area contributed by atoms with Crippen LogP contribution in [0.4, 0.5) is 5.95 Å². The molecule has 1 fully saturated rings. The first-order valence-electron chi connectivity index (χ1n) is 9.98. The van der Waals surface area contributed by atoms with Crippen LogP contribution in [0.1, 0.15) is 34.7 Å². The summed E-state index contributed by atoms with van der Waals surface area (Å²) in [6.07, 6.45) is 5.93. The van der Waals surface area contributed by atoms with E-state index in [1.54, 1.807) is 6.20 Å². The average Bonchev–Trinajstić information content (AvgIpc) is 3.37. The van der Waals surface area contributed by atoms with Crippen molar-refractivity contribution >= 4 is 33.9 Å². The van der Waals surface area contributed by atoms with E-state index >= 15 is 0 Å². The third kappa shape index (κ3) is 3.12. The molecule has 1 aromatic carbocycles. The molecular formula is C22H24N6O. The van der Waals surface area contributed by atoms with E-state index in [1.807, 2.05) is 48.2 Å². The molecule has 0 bridgehead atoms. The van der Waals surface area contributed by atoms with Crippen molar-refractivity contribution in [2.24, 2.45) is 0 Å². The Bertz CT molecular complexity index is 1190. The molecule has 4 heterocycles. The van der Waals surface area contributed by atoms with E-state index in [9.17, 15) is 4.79 Å². The van der Waals surface area contributed by atoms with Crippen LogP contribution in [0.15, 0.2) is 42.7 Å². The largest absolute Gasteiger partial charge is 0.349 e. The Morgan fingerprint density at radius 1 is 1.28 bits per heavy atom. The summed E-state index contributed by atoms with van der Waals surface area (Å²) in [5, 5.41) is 1.15. The van der Waals surface area contributed by atoms with Crippen molar-refractivity contribution in [1.29, 1.82) is 0 Å². The predicted molar refractivity (Wildman–Crippen MR) is 114 cm³/mol. The fourth-order valence-electron chi connectivity index (χ4n) is 4.25. The number of piperidine rings is 1. The van der Waals surface area contributed by atoms with Gasteiger partial charge in [0.25, 0.3) is 5.91 Å². The molecule has 5 rings (SSSR count). The minimum atomic E-state index is 0.0792. The van der Waals surface area contributed by atoms with Gasteiger partial charge in [-0.05, 0) is 48.7 Å². The van der Waals surface area contributed by atoms with Gasteiger partial charge in [0.05, 0.1) is 11.0 Å². The summed E-state index contributed by atoms with van der Waals surface area (Å²) < 4.78 is 0. The number of amides is 1. The first-order valence-corrected chi connectivity index (χ1v) is 9.98. The molecule has 0 radical (unpaired) electrons. The number of aromatic amines is 2. The molecule has 148 valence electrons. The summed E-state index contributed by atoms with van der Waals surface area (Å²) >= 11 is 0. The molecule has 1 atom stereocenters. The van der Waals surface area contributed by atoms with Gasteiger partial charge in [-0.1, -0.05) is 0 Å². The number of hydrogen-bond acceptors (Lipinski definition) is 4. The van der Waals surface area contributed by atoms with Crippen LogP contribution in [0.3, 0.4) is 0 Å². The maximum atomic E-state index is 13.2. The topological polar surface area (TPSA) is 80.9 Å². The first-order chi connectivity index (χ1) is 14.1. The van der Waals surface area contributed by atoms with Crippen LogP contribution in [0, 0.1) is 0 Å². The molecule has 29 heavy (non-hydrogen) atoms. The lowest BCUT2D eigenvalue weighted by atomic mass is 9.90. The number of rotatable bonds is 3. The maximum absolute atomic E-state index is 13.2. The number of carbonyl (C=O) groups is 1. The zero-order valence-corrected chi connectivity index (χ0v) is 16.6. The number of likely N-dealkylation sites (tertiary alicyclic amines) is 1. The molecule has 0 spiro atoms. The van der Waals surface area contributed by atoms with E-state index in [-0.39, 0.29) is 5.91 Å². The lowest BCUT2D eigenvalue weighted by molar-refractivity contribution is 0.0707. The second-order valence-electron chi connectivity index (χ2n) is 7.92. The zero-order valence-electron chi connectivity index (χ0n) is 16.6. The molecule has 2 N–H and O–H groups in total. The van der Waals surface area contributed by atoms with Crippen molar-refractivity contribution in [3.8, 4) is 0 Å². The van der Waals surface area contributed by atoms with E-state index in [0.29, 0.717) is 11.5 Å². The number of carbonyl (C=O) groups excluding carboxylic acids is 1. The average molecular weight is 388 g/mol. The van der Waals surface area contributed by atoms with Crippen LogP contribution in [-0.4, -0.2) is 57.9 Å². The van der Waals surface area contributed by atoms with Crippen LogP contribution >= 0.6 is 0 Å². The van der Waals surface area contributed by atoms with Crippen molar-refractivity contribution in [2.45, 2.75) is 18.8 Å². The summed E-state index contributed by atoms with van der Waals surface area (Å²) in [5.41, 5.74) is 4.62. The zero-order chi connectivity index (χ0) is 20.0. The number of pyridine rings is 1. The minimum Gasteiger partial charge on any atom is -0.349 e. The van der Waals surface area contributed by atoms with Crippen LogP contribution in [-0.2, 0) is 0 Å². The van der Waals surface area contributed by atoms with Crippen molar-refractivity contribution in [3.05, 3.63) is 53.9 Å². The lowest BCUT2D eigenvalue weighted by Crippen LogP contribution is -2.39. The maximum Gasteiger partial charge on any atom is 0.253 e. The van der Waals surface area contributed by atoms with E-state index < -0.39 is 0 Å². The van der Waals surface area contributed by atoms with Crippen LogP contribution in [0.25, 0.3) is 22.1 Å². The molecule has 0 aliphatic carbocycles. The highest BCUT2D eigenvalue weighted by Crippen LogP contribution is 2.32. The number of benzene rings is 1. The number of nitrogens with zero attached hydrogens (tertiary/aromatic N) is 4. The molecule has 0 saturated carbocycles. The lowest BCUT2D eigenvalue weighted by Gasteiger charge is -2.33. The van der Waals surface area contributed by atoms with E-state index in [2.05, 4.69) is 32.2 Å². The van der Waals surface area contributed by atoms with Gasteiger partial charge in [-0.2, -0.15) is 0 Å². The Morgan fingerprint density at radius 2 is 2.17 bits per heavy atom. The Balaban J connectivity index is 1.40. The molecule has 1 unspecified atom stereocenters. The number of aromatic nitrogens is 4. The number of fused-ring (bicyclic) bond motifs is 2. The van der Waals surface area contributed by atoms with E-state index in [4.69, 9.17) is 0 Å². The van der Waals surface area contributed by atoms with Crippen molar-refractivity contribution in [3.63, 3.8) is 0 Å². The molecule has 4 aromatic rings. The molecule has 7 heteroatoms. The van der Waals surface area contributed by atoms with Gasteiger partial charge in [-0.25, -0.2) is 9.97 Å². The van der Waals surface area contributed by atoms with Gasteiger partial charge in [0.15, 0.2) is 0 Å². The number of H-pyrrole nitrogens is 2. The molecular weight excluding hydrogens is 364 g/mol. The molecule has 7 nitrogen and oxygen atoms in total. The minimum absolute atomic E-state index is 0.0792. The van der Waals surface area contributed by atoms with E-state index in [1.165, 1.54) is 5.56 Å². The third-order valence-electron chi connectivity index (χ3n) is 5.77. The molecule has 1 aliphatic heterocycles. The van der Waals surface area contributed by atoms with Crippen molar-refractivity contribution in [2.75, 3.05) is 32.1 Å². The summed E-state index contributed by atoms with van der Waals surface area (Å²) in [5.74, 6) is 1.19. The van der Waals surface area contributed by atoms with Crippen LogP contribution < -0.4 is 4.90 Å². The number of nitrogens with one attached hydrogen (secondary N) is 2. The van der Waals surface area contributed by atoms with Crippen LogP contribution in [0.5, 0.6) is 0 Å². The van der Waals surface area contributed by atoms with E-state index in [0.717, 1.165) is 53.9 Å². The fourth-order valence-corrected chi connectivity index (χ4v) is 4.25. The van der Waals surface area contributed by atoms with Gasteiger partial charge in [0.1, 0.15) is 5.65 Å². The summed E-state index contributed by atoms with van der Waals surface area (Å²) in [6.45, 7) is 1.52. The quantitative estimate of drug-likeness (QED) is 0.563. The SMILES string of the molecule is CN(C)c1nc2ccc(C(=O)N3CCCC(c4c[nH]c5ncccc45)C3)cc2[nH]1. The Labute approximate surface area is 168 Å². The number of hydrogen-bond donors (Lipinski definition) is 2. The normalized spacial score (nSPS) is 17.2. The number of imidazole rings is 1. The second-order valence-corrected chi connectivity index (χ2v) is 7.92. The highest BCUT2D eigenvalue weighted by molar-refractivity contribution is 5.97. The van der Waals surface area contributed by atoms with Crippen molar-refractivity contribution in [1.82, 2.24) is 24.8 Å². The molecule has 1 saturated heterocycles. The monoisotopic (exact) mass is 388 g/mol.